The van der Waals surface area contributed by atoms with Crippen LogP contribution in [0.4, 0.5) is 8.78 Å². The van der Waals surface area contributed by atoms with Crippen molar-refractivity contribution in [2.75, 3.05) is 0 Å². The van der Waals surface area contributed by atoms with Crippen molar-refractivity contribution in [3.05, 3.63) is 132 Å². The van der Waals surface area contributed by atoms with Crippen LogP contribution in [0.2, 0.25) is 6.55 Å². The van der Waals surface area contributed by atoms with E-state index in [2.05, 4.69) is 61.2 Å². The molecule has 2 aliphatic carbocycles. The fourth-order valence-electron chi connectivity index (χ4n) is 4.80. The molecule has 0 atom stereocenters. The smallest absolute Gasteiger partial charge is 0.147 e. The van der Waals surface area contributed by atoms with Crippen molar-refractivity contribution < 1.29 is 29.1 Å². The molecule has 0 heterocycles. The molecule has 35 heavy (non-hydrogen) atoms. The van der Waals surface area contributed by atoms with Crippen LogP contribution in [0.5, 0.6) is 0 Å². The van der Waals surface area contributed by atoms with E-state index in [0.717, 1.165) is 24.0 Å². The van der Waals surface area contributed by atoms with Crippen LogP contribution in [-0.2, 0) is 20.4 Å². The second-order valence-electron chi connectivity index (χ2n) is 8.38. The summed E-state index contributed by atoms with van der Waals surface area (Å²) in [4.78, 5) is 0. The standard InChI is InChI=1S/2C11H8F.C7H8Si.2ClH.Zr/c2*12-11-7-3-6-10(8-11)9-4-1-2-5-9;1-8-7-5-3-2-4-6-7;;;/h2*1,3-4,6-8H,2H2;2-6H,1H3;2*1H;. The van der Waals surface area contributed by atoms with Gasteiger partial charge in [-0.15, -0.1) is 24.8 Å². The van der Waals surface area contributed by atoms with Crippen LogP contribution in [0.3, 0.4) is 0 Å². The molecule has 5 rings (SSSR count). The van der Waals surface area contributed by atoms with Crippen LogP contribution in [0.25, 0.3) is 11.1 Å². The van der Waals surface area contributed by atoms with Gasteiger partial charge in [0.05, 0.1) is 0 Å². The number of rotatable bonds is 5. The Labute approximate surface area is 226 Å². The second kappa shape index (κ2) is 12.4. The summed E-state index contributed by atoms with van der Waals surface area (Å²) in [5, 5.41) is 1.45. The SMILES string of the molecule is C[Si](c1ccccc1)=[Zr]([C]1=C(c2cccc(F)c2)C=CC1)[C]1=C(c2cccc(F)c2)C=CC1.Cl.Cl. The maximum Gasteiger partial charge on any atom is -0.147 e. The third-order valence-corrected chi connectivity index (χ3v) is 24.8. The number of allylic oxidation sites excluding steroid dienone is 8. The van der Waals surface area contributed by atoms with Crippen molar-refractivity contribution in [2.45, 2.75) is 19.4 Å². The minimum Gasteiger partial charge on any atom is -0.147 e. The molecule has 0 saturated carbocycles. The van der Waals surface area contributed by atoms with Crippen LogP contribution in [0.1, 0.15) is 24.0 Å². The first kappa shape index (κ1) is 27.7. The molecular formula is C29H26Cl2F2SiZr. The van der Waals surface area contributed by atoms with E-state index in [1.807, 2.05) is 12.1 Å². The first-order chi connectivity index (χ1) is 16.1. The van der Waals surface area contributed by atoms with Gasteiger partial charge >= 0.3 is 203 Å². The van der Waals surface area contributed by atoms with Crippen LogP contribution >= 0.6 is 24.8 Å². The largest absolute Gasteiger partial charge is 0.147 e. The molecular weight excluding hydrogens is 577 g/mol. The fourth-order valence-corrected chi connectivity index (χ4v) is 24.4. The normalized spacial score (nSPS) is 14.1. The van der Waals surface area contributed by atoms with E-state index in [-0.39, 0.29) is 36.4 Å². The third-order valence-electron chi connectivity index (χ3n) is 6.32. The fraction of sp³-hybridized carbons (Fsp3) is 0.103. The average Bonchev–Trinajstić information content (AvgIpc) is 3.50. The van der Waals surface area contributed by atoms with E-state index in [0.29, 0.717) is 0 Å². The third kappa shape index (κ3) is 5.94. The van der Waals surface area contributed by atoms with Crippen molar-refractivity contribution in [3.63, 3.8) is 0 Å². The molecule has 0 bridgehead atoms. The van der Waals surface area contributed by atoms with Crippen molar-refractivity contribution in [1.82, 2.24) is 0 Å². The Kier molecular flexibility index (Phi) is 9.84. The molecule has 3 aromatic rings. The molecule has 0 radical (unpaired) electrons. The van der Waals surface area contributed by atoms with Crippen LogP contribution in [-0.4, -0.2) is 5.43 Å². The number of hydrogen-bond acceptors (Lipinski definition) is 0. The zero-order valence-electron chi connectivity index (χ0n) is 19.3. The number of halogens is 4. The molecule has 0 nitrogen and oxygen atoms in total. The molecule has 178 valence electrons. The molecule has 3 aromatic carbocycles. The van der Waals surface area contributed by atoms with E-state index in [1.165, 1.54) is 35.0 Å². The van der Waals surface area contributed by atoms with Gasteiger partial charge in [0.15, 0.2) is 0 Å². The van der Waals surface area contributed by atoms with Gasteiger partial charge in [-0.25, -0.2) is 0 Å². The predicted octanol–water partition coefficient (Wildman–Crippen LogP) is 8.00. The second-order valence-corrected chi connectivity index (χ2v) is 23.5. The maximum absolute atomic E-state index is 14.1. The van der Waals surface area contributed by atoms with Gasteiger partial charge in [0.2, 0.25) is 0 Å². The van der Waals surface area contributed by atoms with Gasteiger partial charge in [0.25, 0.3) is 0 Å². The minimum absolute atomic E-state index is 0. The number of hydrogen-bond donors (Lipinski definition) is 0. The summed E-state index contributed by atoms with van der Waals surface area (Å²) in [5.74, 6) is -0.394. The van der Waals surface area contributed by atoms with Gasteiger partial charge < -0.3 is 0 Å². The van der Waals surface area contributed by atoms with E-state index in [4.69, 9.17) is 0 Å². The van der Waals surface area contributed by atoms with Gasteiger partial charge in [-0.05, 0) is 0 Å². The van der Waals surface area contributed by atoms with Gasteiger partial charge in [-0.1, -0.05) is 0 Å². The van der Waals surface area contributed by atoms with E-state index in [1.54, 1.807) is 24.3 Å². The molecule has 0 spiro atoms. The summed E-state index contributed by atoms with van der Waals surface area (Å²) >= 11 is -2.44. The van der Waals surface area contributed by atoms with Crippen LogP contribution < -0.4 is 5.19 Å². The monoisotopic (exact) mass is 600 g/mol. The van der Waals surface area contributed by atoms with Crippen molar-refractivity contribution in [1.29, 1.82) is 0 Å². The molecule has 0 aliphatic heterocycles. The molecule has 6 heteroatoms. The van der Waals surface area contributed by atoms with Gasteiger partial charge in [-0.2, -0.15) is 0 Å². The van der Waals surface area contributed by atoms with Gasteiger partial charge in [-0.3, -0.25) is 0 Å². The Morgan fingerprint density at radius 3 is 1.60 bits per heavy atom. The predicted molar refractivity (Wildman–Crippen MR) is 146 cm³/mol. The summed E-state index contributed by atoms with van der Waals surface area (Å²) in [7, 11) is 0. The van der Waals surface area contributed by atoms with E-state index >= 15 is 0 Å². The first-order valence-corrected chi connectivity index (χ1v) is 19.3. The van der Waals surface area contributed by atoms with Crippen molar-refractivity contribution >= 4 is 46.6 Å². The Morgan fingerprint density at radius 1 is 0.657 bits per heavy atom. The summed E-state index contributed by atoms with van der Waals surface area (Å²) < 4.78 is 31.3. The molecule has 2 aliphatic rings. The molecule has 0 amide bonds. The molecule has 0 fully saturated rings. The Morgan fingerprint density at radius 2 is 1.14 bits per heavy atom. The topological polar surface area (TPSA) is 0 Å². The molecule has 0 aromatic heterocycles. The van der Waals surface area contributed by atoms with Crippen LogP contribution in [0.15, 0.2) is 110 Å². The Hall–Kier alpha value is -1.84. The summed E-state index contributed by atoms with van der Waals surface area (Å²) in [6.07, 6.45) is 10.7. The van der Waals surface area contributed by atoms with Crippen molar-refractivity contribution in [3.8, 4) is 0 Å². The summed E-state index contributed by atoms with van der Waals surface area (Å²) in [6, 6.07) is 24.8. The van der Waals surface area contributed by atoms with Crippen molar-refractivity contribution in [2.24, 2.45) is 0 Å². The van der Waals surface area contributed by atoms with E-state index < -0.39 is 25.8 Å². The molecule has 0 saturated heterocycles. The zero-order chi connectivity index (χ0) is 22.8. The van der Waals surface area contributed by atoms with Crippen LogP contribution in [0, 0.1) is 11.6 Å². The average molecular weight is 603 g/mol. The first-order valence-electron chi connectivity index (χ1n) is 11.2. The quantitative estimate of drug-likeness (QED) is 0.260. The van der Waals surface area contributed by atoms with Gasteiger partial charge in [0, 0.05) is 0 Å². The minimum atomic E-state index is -2.44. The van der Waals surface area contributed by atoms with Gasteiger partial charge in [0.1, 0.15) is 0 Å². The summed E-state index contributed by atoms with van der Waals surface area (Å²) in [5.41, 5.74) is 3.51. The Balaban J connectivity index is 0.00000171. The summed E-state index contributed by atoms with van der Waals surface area (Å²) in [6.45, 7) is 2.46. The Bertz CT molecular complexity index is 1310. The molecule has 0 unspecified atom stereocenters. The van der Waals surface area contributed by atoms with E-state index in [9.17, 15) is 8.78 Å². The zero-order valence-corrected chi connectivity index (χ0v) is 24.4. The number of benzene rings is 3. The molecule has 0 N–H and O–H groups in total. The maximum atomic E-state index is 14.1.